The van der Waals surface area contributed by atoms with Crippen molar-refractivity contribution in [3.63, 3.8) is 0 Å². The van der Waals surface area contributed by atoms with Gasteiger partial charge in [-0.05, 0) is 48.9 Å². The zero-order valence-corrected chi connectivity index (χ0v) is 14.4. The van der Waals surface area contributed by atoms with E-state index in [9.17, 15) is 9.59 Å². The van der Waals surface area contributed by atoms with Gasteiger partial charge in [0.25, 0.3) is 5.91 Å². The molecule has 0 unspecified atom stereocenters. The summed E-state index contributed by atoms with van der Waals surface area (Å²) >= 11 is 1.58. The second-order valence-electron chi connectivity index (χ2n) is 5.56. The van der Waals surface area contributed by atoms with Crippen LogP contribution in [0.15, 0.2) is 35.7 Å². The fraction of sp³-hybridized carbons (Fsp3) is 0.333. The summed E-state index contributed by atoms with van der Waals surface area (Å²) in [5.74, 6) is -0.688. The van der Waals surface area contributed by atoms with Crippen LogP contribution in [0.1, 0.15) is 34.5 Å². The van der Waals surface area contributed by atoms with E-state index in [2.05, 4.69) is 5.32 Å². The summed E-state index contributed by atoms with van der Waals surface area (Å²) in [7, 11) is 0. The van der Waals surface area contributed by atoms with Crippen molar-refractivity contribution < 1.29 is 14.3 Å². The van der Waals surface area contributed by atoms with Gasteiger partial charge in [0.15, 0.2) is 6.61 Å². The van der Waals surface area contributed by atoms with Crippen molar-refractivity contribution >= 4 is 23.2 Å². The number of nitrogens with one attached hydrogen (secondary N) is 1. The van der Waals surface area contributed by atoms with E-state index in [-0.39, 0.29) is 25.0 Å². The van der Waals surface area contributed by atoms with E-state index in [1.807, 2.05) is 56.5 Å². The molecular weight excluding hydrogens is 310 g/mol. The molecule has 0 saturated heterocycles. The molecule has 0 aliphatic rings. The molecular formula is C18H21NO3S. The fourth-order valence-corrected chi connectivity index (χ4v) is 2.90. The van der Waals surface area contributed by atoms with E-state index in [4.69, 9.17) is 4.74 Å². The van der Waals surface area contributed by atoms with Crippen LogP contribution in [0.4, 0.5) is 0 Å². The van der Waals surface area contributed by atoms with Crippen LogP contribution in [0.2, 0.25) is 0 Å². The number of ether oxygens (including phenoxy) is 1. The van der Waals surface area contributed by atoms with E-state index < -0.39 is 5.97 Å². The molecule has 0 bridgehead atoms. The number of benzene rings is 1. The lowest BCUT2D eigenvalue weighted by atomic mass is 10.0. The Bertz CT molecular complexity index is 680. The Morgan fingerprint density at radius 3 is 2.65 bits per heavy atom. The molecule has 5 heteroatoms. The van der Waals surface area contributed by atoms with Crippen LogP contribution < -0.4 is 5.32 Å². The lowest BCUT2D eigenvalue weighted by Gasteiger charge is -2.12. The first-order valence-corrected chi connectivity index (χ1v) is 8.38. The number of amides is 1. The van der Waals surface area contributed by atoms with Gasteiger partial charge in [-0.25, -0.2) is 0 Å². The van der Waals surface area contributed by atoms with E-state index in [1.165, 1.54) is 5.56 Å². The summed E-state index contributed by atoms with van der Waals surface area (Å²) in [5.41, 5.74) is 3.22. The first-order chi connectivity index (χ1) is 11.0. The average molecular weight is 331 g/mol. The van der Waals surface area contributed by atoms with Gasteiger partial charge in [-0.2, -0.15) is 0 Å². The highest BCUT2D eigenvalue weighted by atomic mass is 32.1. The van der Waals surface area contributed by atoms with Crippen LogP contribution in [-0.2, 0) is 20.7 Å². The summed E-state index contributed by atoms with van der Waals surface area (Å²) in [6.07, 6.45) is 0.175. The standard InChI is InChI=1S/C18H21NO3S/c1-12-6-7-15(9-13(12)2)10-18(21)22-11-17(20)19-14(3)16-5-4-8-23-16/h4-9,14H,10-11H2,1-3H3,(H,19,20)/t14-/m1/s1. The SMILES string of the molecule is Cc1ccc(CC(=O)OCC(=O)N[C@H](C)c2cccs2)cc1C. The van der Waals surface area contributed by atoms with E-state index >= 15 is 0 Å². The fourth-order valence-electron chi connectivity index (χ4n) is 2.17. The molecule has 23 heavy (non-hydrogen) atoms. The smallest absolute Gasteiger partial charge is 0.310 e. The zero-order valence-electron chi connectivity index (χ0n) is 13.6. The second kappa shape index (κ2) is 7.92. The van der Waals surface area contributed by atoms with Crippen molar-refractivity contribution in [3.05, 3.63) is 57.3 Å². The highest BCUT2D eigenvalue weighted by molar-refractivity contribution is 7.10. The Hall–Kier alpha value is -2.14. The zero-order chi connectivity index (χ0) is 16.8. The Morgan fingerprint density at radius 2 is 2.00 bits per heavy atom. The van der Waals surface area contributed by atoms with Gasteiger partial charge < -0.3 is 10.1 Å². The Kier molecular flexibility index (Phi) is 5.93. The molecule has 122 valence electrons. The first-order valence-electron chi connectivity index (χ1n) is 7.50. The van der Waals surface area contributed by atoms with Crippen molar-refractivity contribution in [2.45, 2.75) is 33.2 Å². The Labute approximate surface area is 140 Å². The van der Waals surface area contributed by atoms with Crippen LogP contribution in [0.3, 0.4) is 0 Å². The number of aryl methyl sites for hydroxylation is 2. The Balaban J connectivity index is 1.77. The van der Waals surface area contributed by atoms with Crippen LogP contribution in [-0.4, -0.2) is 18.5 Å². The molecule has 1 amide bonds. The maximum atomic E-state index is 11.8. The summed E-state index contributed by atoms with van der Waals surface area (Å²) in [4.78, 5) is 24.7. The third kappa shape index (κ3) is 5.21. The van der Waals surface area contributed by atoms with Crippen LogP contribution >= 0.6 is 11.3 Å². The van der Waals surface area contributed by atoms with Gasteiger partial charge in [0.1, 0.15) is 0 Å². The predicted octanol–water partition coefficient (Wildman–Crippen LogP) is 3.33. The molecule has 1 aromatic carbocycles. The number of carbonyl (C=O) groups excluding carboxylic acids is 2. The number of thiophene rings is 1. The number of hydrogen-bond acceptors (Lipinski definition) is 4. The maximum Gasteiger partial charge on any atom is 0.310 e. The minimum absolute atomic E-state index is 0.0825. The number of rotatable bonds is 6. The van der Waals surface area contributed by atoms with Crippen LogP contribution in [0, 0.1) is 13.8 Å². The Morgan fingerprint density at radius 1 is 1.22 bits per heavy atom. The van der Waals surface area contributed by atoms with Gasteiger partial charge in [-0.3, -0.25) is 9.59 Å². The highest BCUT2D eigenvalue weighted by Gasteiger charge is 2.13. The molecule has 0 aliphatic heterocycles. The molecule has 0 fully saturated rings. The quantitative estimate of drug-likeness (QED) is 0.826. The number of esters is 1. The lowest BCUT2D eigenvalue weighted by molar-refractivity contribution is -0.148. The minimum Gasteiger partial charge on any atom is -0.455 e. The average Bonchev–Trinajstić information content (AvgIpc) is 3.03. The molecule has 1 N–H and O–H groups in total. The largest absolute Gasteiger partial charge is 0.455 e. The second-order valence-corrected chi connectivity index (χ2v) is 6.54. The van der Waals surface area contributed by atoms with Gasteiger partial charge in [-0.15, -0.1) is 11.3 Å². The first kappa shape index (κ1) is 17.2. The van der Waals surface area contributed by atoms with Crippen LogP contribution in [0.5, 0.6) is 0 Å². The molecule has 1 atom stereocenters. The summed E-state index contributed by atoms with van der Waals surface area (Å²) < 4.78 is 5.05. The minimum atomic E-state index is -0.396. The number of carbonyl (C=O) groups is 2. The van der Waals surface area contributed by atoms with Gasteiger partial charge >= 0.3 is 5.97 Å². The van der Waals surface area contributed by atoms with Crippen molar-refractivity contribution in [1.82, 2.24) is 5.32 Å². The van der Waals surface area contributed by atoms with Gasteiger partial charge in [0.2, 0.25) is 0 Å². The van der Waals surface area contributed by atoms with Crippen molar-refractivity contribution in [2.75, 3.05) is 6.61 Å². The lowest BCUT2D eigenvalue weighted by Crippen LogP contribution is -2.31. The normalized spacial score (nSPS) is 11.8. The molecule has 0 radical (unpaired) electrons. The van der Waals surface area contributed by atoms with Gasteiger partial charge in [-0.1, -0.05) is 24.3 Å². The molecule has 0 aliphatic carbocycles. The molecule has 2 aromatic rings. The third-order valence-corrected chi connectivity index (χ3v) is 4.69. The van der Waals surface area contributed by atoms with Crippen molar-refractivity contribution in [2.24, 2.45) is 0 Å². The molecule has 4 nitrogen and oxygen atoms in total. The molecule has 1 heterocycles. The van der Waals surface area contributed by atoms with Crippen molar-refractivity contribution in [1.29, 1.82) is 0 Å². The maximum absolute atomic E-state index is 11.8. The number of hydrogen-bond donors (Lipinski definition) is 1. The van der Waals surface area contributed by atoms with E-state index in [0.717, 1.165) is 16.0 Å². The van der Waals surface area contributed by atoms with Crippen molar-refractivity contribution in [3.8, 4) is 0 Å². The highest BCUT2D eigenvalue weighted by Crippen LogP contribution is 2.17. The molecule has 1 aromatic heterocycles. The summed E-state index contributed by atoms with van der Waals surface area (Å²) in [6, 6.07) is 9.67. The van der Waals surface area contributed by atoms with Crippen LogP contribution in [0.25, 0.3) is 0 Å². The van der Waals surface area contributed by atoms with E-state index in [0.29, 0.717) is 0 Å². The molecule has 2 rings (SSSR count). The summed E-state index contributed by atoms with van der Waals surface area (Å²) in [5, 5.41) is 4.77. The topological polar surface area (TPSA) is 55.4 Å². The van der Waals surface area contributed by atoms with Gasteiger partial charge in [0, 0.05) is 4.88 Å². The summed E-state index contributed by atoms with van der Waals surface area (Å²) in [6.45, 7) is 5.68. The third-order valence-electron chi connectivity index (χ3n) is 3.63. The molecule has 0 saturated carbocycles. The molecule has 0 spiro atoms. The predicted molar refractivity (Wildman–Crippen MR) is 91.5 cm³/mol. The monoisotopic (exact) mass is 331 g/mol. The van der Waals surface area contributed by atoms with E-state index in [1.54, 1.807) is 11.3 Å². The van der Waals surface area contributed by atoms with Gasteiger partial charge in [0.05, 0.1) is 12.5 Å².